The second-order valence-electron chi connectivity index (χ2n) is 6.22. The summed E-state index contributed by atoms with van der Waals surface area (Å²) in [6.45, 7) is 5.94. The molecule has 1 aromatic rings. The van der Waals surface area contributed by atoms with Crippen molar-refractivity contribution >= 4 is 17.5 Å². The minimum Gasteiger partial charge on any atom is -0.511 e. The molecule has 146 valence electrons. The summed E-state index contributed by atoms with van der Waals surface area (Å²) in [5.41, 5.74) is 1.14. The van der Waals surface area contributed by atoms with Gasteiger partial charge in [-0.25, -0.2) is 0 Å². The maximum absolute atomic E-state index is 12.9. The first-order valence-corrected chi connectivity index (χ1v) is 9.27. The van der Waals surface area contributed by atoms with E-state index < -0.39 is 17.8 Å². The van der Waals surface area contributed by atoms with Gasteiger partial charge in [-0.2, -0.15) is 0 Å². The fourth-order valence-corrected chi connectivity index (χ4v) is 3.23. The van der Waals surface area contributed by atoms with Crippen LogP contribution in [0.5, 0.6) is 0 Å². The summed E-state index contributed by atoms with van der Waals surface area (Å²) in [5, 5.41) is 14.9. The Morgan fingerprint density at radius 3 is 2.70 bits per heavy atom. The molecule has 0 amide bonds. The van der Waals surface area contributed by atoms with Crippen molar-refractivity contribution in [3.63, 3.8) is 0 Å². The fraction of sp³-hybridized carbons (Fsp3) is 0.500. The van der Waals surface area contributed by atoms with Crippen molar-refractivity contribution < 1.29 is 24.3 Å². The van der Waals surface area contributed by atoms with Crippen molar-refractivity contribution in [2.24, 2.45) is 11.1 Å². The molecule has 1 aliphatic rings. The molecule has 0 saturated carbocycles. The third-order valence-electron chi connectivity index (χ3n) is 4.37. The lowest BCUT2D eigenvalue weighted by atomic mass is 9.74. The third-order valence-corrected chi connectivity index (χ3v) is 4.37. The molecular formula is C20H26N2O5. The van der Waals surface area contributed by atoms with Crippen LogP contribution in [0.3, 0.4) is 0 Å². The Balaban J connectivity index is 2.55. The van der Waals surface area contributed by atoms with Crippen molar-refractivity contribution in [1.29, 1.82) is 0 Å². The van der Waals surface area contributed by atoms with Crippen LogP contribution in [-0.2, 0) is 19.2 Å². The number of carbonyl (C=O) groups is 2. The molecule has 0 fully saturated rings. The lowest BCUT2D eigenvalue weighted by Crippen LogP contribution is -2.36. The number of ketones is 1. The first-order chi connectivity index (χ1) is 13.0. The molecule has 0 radical (unpaired) electrons. The minimum absolute atomic E-state index is 0.0590. The van der Waals surface area contributed by atoms with E-state index >= 15 is 0 Å². The number of hydrogen-bond donors (Lipinski definition) is 1. The highest BCUT2D eigenvalue weighted by atomic mass is 16.6. The molecule has 1 aromatic heterocycles. The van der Waals surface area contributed by atoms with E-state index in [-0.39, 0.29) is 30.1 Å². The van der Waals surface area contributed by atoms with Crippen LogP contribution in [0.25, 0.3) is 0 Å². The monoisotopic (exact) mass is 374 g/mol. The van der Waals surface area contributed by atoms with Gasteiger partial charge in [0.25, 0.3) is 0 Å². The highest BCUT2D eigenvalue weighted by Crippen LogP contribution is 2.40. The number of nitrogens with zero attached hydrogens (tertiary/aromatic N) is 2. The van der Waals surface area contributed by atoms with Gasteiger partial charge in [0.1, 0.15) is 18.3 Å². The molecule has 27 heavy (non-hydrogen) atoms. The second kappa shape index (κ2) is 9.85. The van der Waals surface area contributed by atoms with E-state index in [9.17, 15) is 14.7 Å². The Bertz CT molecular complexity index is 727. The van der Waals surface area contributed by atoms with Gasteiger partial charge in [0.15, 0.2) is 5.78 Å². The van der Waals surface area contributed by atoms with E-state index in [1.807, 2.05) is 6.92 Å². The average Bonchev–Trinajstić information content (AvgIpc) is 2.66. The summed E-state index contributed by atoms with van der Waals surface area (Å²) in [6.07, 6.45) is 4.44. The van der Waals surface area contributed by atoms with Gasteiger partial charge in [0.05, 0.1) is 17.9 Å². The SMILES string of the molecule is CCC/C(=N\OCC)C1=C(O)C(C(=O)OCC)C(c2cccnc2)CC1=O. The number of esters is 1. The molecule has 1 N–H and O–H groups in total. The summed E-state index contributed by atoms with van der Waals surface area (Å²) in [4.78, 5) is 34.7. The lowest BCUT2D eigenvalue weighted by molar-refractivity contribution is -0.148. The van der Waals surface area contributed by atoms with Gasteiger partial charge in [-0.05, 0) is 31.9 Å². The van der Waals surface area contributed by atoms with Gasteiger partial charge < -0.3 is 14.7 Å². The number of aromatic nitrogens is 1. The predicted molar refractivity (Wildman–Crippen MR) is 100 cm³/mol. The first kappa shape index (κ1) is 20.6. The molecule has 1 aliphatic carbocycles. The molecule has 7 nitrogen and oxygen atoms in total. The van der Waals surface area contributed by atoms with E-state index in [1.165, 1.54) is 0 Å². The van der Waals surface area contributed by atoms with Crippen LogP contribution in [0.4, 0.5) is 0 Å². The Hall–Kier alpha value is -2.70. The summed E-state index contributed by atoms with van der Waals surface area (Å²) in [7, 11) is 0. The molecule has 2 unspecified atom stereocenters. The van der Waals surface area contributed by atoms with Crippen molar-refractivity contribution in [1.82, 2.24) is 4.98 Å². The van der Waals surface area contributed by atoms with Crippen molar-refractivity contribution in [3.8, 4) is 0 Å². The number of allylic oxidation sites excluding steroid dienone is 1. The lowest BCUT2D eigenvalue weighted by Gasteiger charge is -2.30. The number of ether oxygens (including phenoxy) is 1. The first-order valence-electron chi connectivity index (χ1n) is 9.27. The molecule has 2 atom stereocenters. The van der Waals surface area contributed by atoms with Crippen LogP contribution >= 0.6 is 0 Å². The van der Waals surface area contributed by atoms with Crippen molar-refractivity contribution in [2.45, 2.75) is 46.0 Å². The van der Waals surface area contributed by atoms with Gasteiger partial charge in [-0.3, -0.25) is 14.6 Å². The van der Waals surface area contributed by atoms with E-state index in [4.69, 9.17) is 9.57 Å². The fourth-order valence-electron chi connectivity index (χ4n) is 3.23. The van der Waals surface area contributed by atoms with Gasteiger partial charge in [0.2, 0.25) is 0 Å². The van der Waals surface area contributed by atoms with E-state index in [0.717, 1.165) is 0 Å². The third kappa shape index (κ3) is 4.72. The molecule has 7 heteroatoms. The highest BCUT2D eigenvalue weighted by Gasteiger charge is 2.43. The summed E-state index contributed by atoms with van der Waals surface area (Å²) >= 11 is 0. The van der Waals surface area contributed by atoms with Crippen LogP contribution in [0, 0.1) is 5.92 Å². The topological polar surface area (TPSA) is 98.1 Å². The minimum atomic E-state index is -0.981. The number of hydrogen-bond acceptors (Lipinski definition) is 7. The van der Waals surface area contributed by atoms with E-state index in [2.05, 4.69) is 10.1 Å². The predicted octanol–water partition coefficient (Wildman–Crippen LogP) is 3.32. The quantitative estimate of drug-likeness (QED) is 0.426. The van der Waals surface area contributed by atoms with Crippen LogP contribution in [0.2, 0.25) is 0 Å². The van der Waals surface area contributed by atoms with Crippen molar-refractivity contribution in [2.75, 3.05) is 13.2 Å². The molecular weight excluding hydrogens is 348 g/mol. The zero-order chi connectivity index (χ0) is 19.8. The van der Waals surface area contributed by atoms with Crippen molar-refractivity contribution in [3.05, 3.63) is 41.4 Å². The standard InChI is InChI=1S/C20H26N2O5/c1-4-8-15(22-27-6-3)18-16(23)11-14(13-9-7-10-21-12-13)17(19(18)24)20(25)26-5-2/h7,9-10,12,14,17,24H,4-6,8,11H2,1-3H3/b22-15+. The molecule has 0 spiro atoms. The van der Waals surface area contributed by atoms with E-state index in [1.54, 1.807) is 38.4 Å². The summed E-state index contributed by atoms with van der Waals surface area (Å²) < 4.78 is 5.17. The van der Waals surface area contributed by atoms with Crippen LogP contribution in [0.15, 0.2) is 41.0 Å². The number of aliphatic hydroxyl groups is 1. The van der Waals surface area contributed by atoms with Gasteiger partial charge >= 0.3 is 5.97 Å². The Morgan fingerprint density at radius 2 is 2.11 bits per heavy atom. The maximum atomic E-state index is 12.9. The number of aliphatic hydroxyl groups excluding tert-OH is 1. The van der Waals surface area contributed by atoms with Gasteiger partial charge in [0, 0.05) is 24.7 Å². The number of oxime groups is 1. The Kier molecular flexibility index (Phi) is 7.52. The normalized spacial score (nSPS) is 20.6. The Labute approximate surface area is 159 Å². The maximum Gasteiger partial charge on any atom is 0.317 e. The van der Waals surface area contributed by atoms with Gasteiger partial charge in [-0.15, -0.1) is 0 Å². The number of carbonyl (C=O) groups excluding carboxylic acids is 2. The number of pyridine rings is 1. The number of Topliss-reactive ketones (excluding diaryl/α,β-unsaturated/α-hetero) is 1. The molecule has 1 heterocycles. The zero-order valence-electron chi connectivity index (χ0n) is 16.0. The smallest absolute Gasteiger partial charge is 0.317 e. The van der Waals surface area contributed by atoms with Gasteiger partial charge in [-0.1, -0.05) is 24.6 Å². The largest absolute Gasteiger partial charge is 0.511 e. The molecule has 0 bridgehead atoms. The van der Waals surface area contributed by atoms with Crippen LogP contribution < -0.4 is 0 Å². The molecule has 0 aromatic carbocycles. The summed E-state index contributed by atoms with van der Waals surface area (Å²) in [6, 6.07) is 3.52. The molecule has 0 aliphatic heterocycles. The average molecular weight is 374 g/mol. The summed E-state index contributed by atoms with van der Waals surface area (Å²) in [5.74, 6) is -2.66. The highest BCUT2D eigenvalue weighted by molar-refractivity contribution is 6.23. The van der Waals surface area contributed by atoms with Crippen LogP contribution in [-0.4, -0.2) is 40.8 Å². The van der Waals surface area contributed by atoms with Crippen LogP contribution in [0.1, 0.15) is 51.5 Å². The van der Waals surface area contributed by atoms with E-state index in [0.29, 0.717) is 30.7 Å². The molecule has 2 rings (SSSR count). The second-order valence-corrected chi connectivity index (χ2v) is 6.22. The molecule has 0 saturated heterocycles. The Morgan fingerprint density at radius 1 is 1.33 bits per heavy atom. The zero-order valence-corrected chi connectivity index (χ0v) is 16.0. The number of rotatable bonds is 8.